The first-order valence-corrected chi connectivity index (χ1v) is 9.18. The third-order valence-electron chi connectivity index (χ3n) is 4.27. The third-order valence-corrected chi connectivity index (χ3v) is 5.09. The van der Waals surface area contributed by atoms with Crippen LogP contribution in [0.15, 0.2) is 29.6 Å². The molecule has 2 heterocycles. The first-order valence-electron chi connectivity index (χ1n) is 8.30. The highest BCUT2D eigenvalue weighted by Crippen LogP contribution is 2.21. The zero-order valence-corrected chi connectivity index (χ0v) is 14.8. The van der Waals surface area contributed by atoms with Crippen molar-refractivity contribution in [3.63, 3.8) is 0 Å². The van der Waals surface area contributed by atoms with Gasteiger partial charge in [0, 0.05) is 24.9 Å². The number of rotatable bonds is 5. The van der Waals surface area contributed by atoms with Crippen LogP contribution in [0.1, 0.15) is 33.9 Å². The minimum Gasteiger partial charge on any atom is -0.354 e. The Balaban J connectivity index is 1.59. The Hall–Kier alpha value is -2.28. The summed E-state index contributed by atoms with van der Waals surface area (Å²) >= 11 is 1.58. The predicted octanol–water partition coefficient (Wildman–Crippen LogP) is 2.55. The number of hydrogen-bond acceptors (Lipinski definition) is 4. The van der Waals surface area contributed by atoms with Crippen LogP contribution in [0.25, 0.3) is 0 Å². The van der Waals surface area contributed by atoms with E-state index in [4.69, 9.17) is 0 Å². The van der Waals surface area contributed by atoms with Crippen LogP contribution >= 0.6 is 11.3 Å². The van der Waals surface area contributed by atoms with Crippen LogP contribution in [-0.4, -0.2) is 40.8 Å². The molecule has 1 saturated heterocycles. The van der Waals surface area contributed by atoms with E-state index in [0.717, 1.165) is 17.1 Å². The van der Waals surface area contributed by atoms with Gasteiger partial charge in [-0.2, -0.15) is 0 Å². The molecule has 0 spiro atoms. The Kier molecular flexibility index (Phi) is 5.43. The van der Waals surface area contributed by atoms with Gasteiger partial charge < -0.3 is 10.2 Å². The minimum absolute atomic E-state index is 0.0140. The Morgan fingerprint density at radius 3 is 2.92 bits per heavy atom. The molecule has 0 aliphatic carbocycles. The molecule has 2 amide bonds. The van der Waals surface area contributed by atoms with Crippen molar-refractivity contribution in [1.82, 2.24) is 15.2 Å². The van der Waals surface area contributed by atoms with Crippen molar-refractivity contribution in [3.8, 4) is 0 Å². The van der Waals surface area contributed by atoms with Crippen LogP contribution in [0, 0.1) is 12.7 Å². The molecule has 1 aliphatic heterocycles. The molecular weight excluding hydrogens is 341 g/mol. The minimum atomic E-state index is -0.558. The van der Waals surface area contributed by atoms with E-state index in [1.165, 1.54) is 17.0 Å². The van der Waals surface area contributed by atoms with E-state index < -0.39 is 17.8 Å². The summed E-state index contributed by atoms with van der Waals surface area (Å²) in [5.74, 6) is -1.17. The summed E-state index contributed by atoms with van der Waals surface area (Å²) in [6, 6.07) is 5.34. The summed E-state index contributed by atoms with van der Waals surface area (Å²) in [6.07, 6.45) is 2.00. The van der Waals surface area contributed by atoms with E-state index >= 15 is 0 Å². The van der Waals surface area contributed by atoms with Crippen LogP contribution in [0.4, 0.5) is 4.39 Å². The zero-order chi connectivity index (χ0) is 17.8. The number of likely N-dealkylation sites (tertiary alicyclic amines) is 1. The van der Waals surface area contributed by atoms with E-state index in [1.807, 2.05) is 12.3 Å². The van der Waals surface area contributed by atoms with Gasteiger partial charge in [0.15, 0.2) is 0 Å². The number of benzene rings is 1. The normalized spacial score (nSPS) is 16.9. The quantitative estimate of drug-likeness (QED) is 0.890. The van der Waals surface area contributed by atoms with Crippen molar-refractivity contribution in [2.75, 3.05) is 13.1 Å². The summed E-state index contributed by atoms with van der Waals surface area (Å²) < 4.78 is 13.9. The van der Waals surface area contributed by atoms with E-state index in [2.05, 4.69) is 10.3 Å². The number of nitrogens with one attached hydrogen (secondary N) is 1. The molecule has 2 aromatic rings. The van der Waals surface area contributed by atoms with Gasteiger partial charge in [-0.05, 0) is 31.9 Å². The molecule has 0 bridgehead atoms. The molecule has 1 aromatic heterocycles. The van der Waals surface area contributed by atoms with Crippen LogP contribution in [0.5, 0.6) is 0 Å². The fraction of sp³-hybridized carbons (Fsp3) is 0.389. The molecule has 1 fully saturated rings. The van der Waals surface area contributed by atoms with Crippen molar-refractivity contribution in [2.45, 2.75) is 32.2 Å². The molecule has 132 valence electrons. The molecule has 3 rings (SSSR count). The summed E-state index contributed by atoms with van der Waals surface area (Å²) in [6.45, 7) is 2.88. The van der Waals surface area contributed by atoms with Crippen LogP contribution in [-0.2, 0) is 11.2 Å². The van der Waals surface area contributed by atoms with Crippen molar-refractivity contribution in [3.05, 3.63) is 51.7 Å². The van der Waals surface area contributed by atoms with Crippen LogP contribution in [0.3, 0.4) is 0 Å². The Morgan fingerprint density at radius 1 is 1.40 bits per heavy atom. The summed E-state index contributed by atoms with van der Waals surface area (Å²) in [5.41, 5.74) is 0.966. The first kappa shape index (κ1) is 17.5. The van der Waals surface area contributed by atoms with E-state index in [-0.39, 0.29) is 11.5 Å². The highest BCUT2D eigenvalue weighted by Gasteiger charge is 2.35. The number of thiazole rings is 1. The van der Waals surface area contributed by atoms with Gasteiger partial charge in [0.05, 0.1) is 16.3 Å². The van der Waals surface area contributed by atoms with Gasteiger partial charge in [0.2, 0.25) is 5.91 Å². The molecule has 1 aromatic carbocycles. The molecule has 7 heteroatoms. The molecule has 5 nitrogen and oxygen atoms in total. The second-order valence-electron chi connectivity index (χ2n) is 6.04. The second kappa shape index (κ2) is 7.74. The highest BCUT2D eigenvalue weighted by molar-refractivity contribution is 7.09. The average molecular weight is 361 g/mol. The lowest BCUT2D eigenvalue weighted by molar-refractivity contribution is -0.124. The fourth-order valence-corrected chi connectivity index (χ4v) is 3.67. The van der Waals surface area contributed by atoms with Gasteiger partial charge in [0.1, 0.15) is 11.9 Å². The van der Waals surface area contributed by atoms with E-state index in [1.54, 1.807) is 23.5 Å². The number of nitrogens with zero attached hydrogens (tertiary/aromatic N) is 2. The Bertz CT molecular complexity index is 777. The molecule has 25 heavy (non-hydrogen) atoms. The molecular formula is C18H20FN3O2S. The SMILES string of the molecule is Cc1nc(CCNC(=O)[C@H]2CCCN2C(=O)c2ccccc2F)cs1. The average Bonchev–Trinajstić information content (AvgIpc) is 3.23. The van der Waals surface area contributed by atoms with Gasteiger partial charge in [-0.1, -0.05) is 12.1 Å². The summed E-state index contributed by atoms with van der Waals surface area (Å²) in [4.78, 5) is 30.9. The van der Waals surface area contributed by atoms with Crippen molar-refractivity contribution >= 4 is 23.2 Å². The van der Waals surface area contributed by atoms with E-state index in [9.17, 15) is 14.0 Å². The lowest BCUT2D eigenvalue weighted by atomic mass is 10.1. The maximum atomic E-state index is 13.9. The molecule has 1 aliphatic rings. The Labute approximate surface area is 149 Å². The topological polar surface area (TPSA) is 62.3 Å². The van der Waals surface area contributed by atoms with Crippen molar-refractivity contribution in [2.24, 2.45) is 0 Å². The standard InChI is InChI=1S/C18H20FN3O2S/c1-12-21-13(11-25-12)8-9-20-17(23)16-7-4-10-22(16)18(24)14-5-2-3-6-15(14)19/h2-3,5-6,11,16H,4,7-10H2,1H3,(H,20,23)/t16-/m1/s1. The molecule has 1 N–H and O–H groups in total. The summed E-state index contributed by atoms with van der Waals surface area (Å²) in [7, 11) is 0. The third kappa shape index (κ3) is 4.04. The predicted molar refractivity (Wildman–Crippen MR) is 94.0 cm³/mol. The second-order valence-corrected chi connectivity index (χ2v) is 7.10. The van der Waals surface area contributed by atoms with Crippen LogP contribution in [0.2, 0.25) is 0 Å². The molecule has 0 saturated carbocycles. The van der Waals surface area contributed by atoms with Gasteiger partial charge in [0.25, 0.3) is 5.91 Å². The molecule has 0 radical (unpaired) electrons. The lowest BCUT2D eigenvalue weighted by Gasteiger charge is -2.24. The molecule has 0 unspecified atom stereocenters. The highest BCUT2D eigenvalue weighted by atomic mass is 32.1. The number of carbonyl (C=O) groups excluding carboxylic acids is 2. The fourth-order valence-electron chi connectivity index (χ4n) is 3.03. The zero-order valence-electron chi connectivity index (χ0n) is 14.0. The number of carbonyl (C=O) groups is 2. The number of amides is 2. The van der Waals surface area contributed by atoms with Gasteiger partial charge in [-0.15, -0.1) is 11.3 Å². The van der Waals surface area contributed by atoms with E-state index in [0.29, 0.717) is 25.9 Å². The number of hydrogen-bond donors (Lipinski definition) is 1. The number of aryl methyl sites for hydroxylation is 1. The van der Waals surface area contributed by atoms with Crippen molar-refractivity contribution < 1.29 is 14.0 Å². The number of aromatic nitrogens is 1. The Morgan fingerprint density at radius 2 is 2.20 bits per heavy atom. The largest absolute Gasteiger partial charge is 0.354 e. The molecule has 1 atom stereocenters. The lowest BCUT2D eigenvalue weighted by Crippen LogP contribution is -2.46. The first-order chi connectivity index (χ1) is 12.1. The van der Waals surface area contributed by atoms with Gasteiger partial charge in [-0.3, -0.25) is 9.59 Å². The van der Waals surface area contributed by atoms with Crippen LogP contribution < -0.4 is 5.32 Å². The van der Waals surface area contributed by atoms with Gasteiger partial charge >= 0.3 is 0 Å². The van der Waals surface area contributed by atoms with Crippen molar-refractivity contribution in [1.29, 1.82) is 0 Å². The monoisotopic (exact) mass is 361 g/mol. The number of halogens is 1. The van der Waals surface area contributed by atoms with Gasteiger partial charge in [-0.25, -0.2) is 9.37 Å². The smallest absolute Gasteiger partial charge is 0.257 e. The maximum Gasteiger partial charge on any atom is 0.257 e. The maximum absolute atomic E-state index is 13.9. The summed E-state index contributed by atoms with van der Waals surface area (Å²) in [5, 5.41) is 5.85.